The van der Waals surface area contributed by atoms with E-state index in [4.69, 9.17) is 0 Å². The van der Waals surface area contributed by atoms with Crippen molar-refractivity contribution in [3.8, 4) is 0 Å². The van der Waals surface area contributed by atoms with Crippen molar-refractivity contribution in [1.82, 2.24) is 0 Å². The second-order valence-electron chi connectivity index (χ2n) is 2.79. The summed E-state index contributed by atoms with van der Waals surface area (Å²) >= 11 is 0. The highest BCUT2D eigenvalue weighted by Crippen LogP contribution is 2.19. The lowest BCUT2D eigenvalue weighted by molar-refractivity contribution is 0.462. The summed E-state index contributed by atoms with van der Waals surface area (Å²) in [5, 5.41) is 0. The first kappa shape index (κ1) is 10.8. The van der Waals surface area contributed by atoms with Crippen LogP contribution in [0.1, 0.15) is 22.3 Å². The van der Waals surface area contributed by atoms with E-state index in [0.29, 0.717) is 0 Å². The van der Waals surface area contributed by atoms with Gasteiger partial charge < -0.3 is 0 Å². The lowest BCUT2D eigenvalue weighted by Gasteiger charge is -2.06. The molecule has 0 aliphatic rings. The summed E-state index contributed by atoms with van der Waals surface area (Å²) in [5.41, 5.74) is 0.0158. The summed E-state index contributed by atoms with van der Waals surface area (Å²) in [6, 6.07) is 2.42. The second-order valence-corrected chi connectivity index (χ2v) is 2.79. The summed E-state index contributed by atoms with van der Waals surface area (Å²) in [7, 11) is 0. The normalized spacial score (nSPS) is 10.2. The van der Waals surface area contributed by atoms with Crippen LogP contribution in [-0.4, -0.2) is 6.29 Å². The highest BCUT2D eigenvalue weighted by Gasteiger charge is 2.10. The lowest BCUT2D eigenvalue weighted by Crippen LogP contribution is -1.99. The molecule has 0 spiro atoms. The highest BCUT2D eigenvalue weighted by molar-refractivity contribution is 5.80. The van der Waals surface area contributed by atoms with E-state index in [1.165, 1.54) is 18.4 Å². The third kappa shape index (κ3) is 1.95. The molecule has 1 rings (SSSR count). The van der Waals surface area contributed by atoms with Gasteiger partial charge in [-0.1, -0.05) is 0 Å². The maximum atomic E-state index is 12.4. The maximum absolute atomic E-state index is 12.4. The average molecular weight is 201 g/mol. The van der Waals surface area contributed by atoms with Crippen molar-refractivity contribution in [3.63, 3.8) is 0 Å². The number of alkyl halides is 3. The van der Waals surface area contributed by atoms with Gasteiger partial charge >= 0.3 is 0 Å². The summed E-state index contributed by atoms with van der Waals surface area (Å²) in [6.07, 6.45) is 1.46. The van der Waals surface area contributed by atoms with Crippen LogP contribution in [0, 0.1) is 0 Å². The first-order chi connectivity index (χ1) is 6.76. The van der Waals surface area contributed by atoms with Crippen molar-refractivity contribution in [2.75, 3.05) is 0 Å². The van der Waals surface area contributed by atoms with Crippen molar-refractivity contribution in [2.24, 2.45) is 0 Å². The molecular weight excluding hydrogens is 193 g/mol. The molecule has 14 heavy (non-hydrogen) atoms. The van der Waals surface area contributed by atoms with Crippen molar-refractivity contribution >= 4 is 6.29 Å². The minimum Gasteiger partial charge on any atom is -0.285 e. The van der Waals surface area contributed by atoms with Gasteiger partial charge in [-0.2, -0.15) is 0 Å². The molecule has 1 aromatic carbocycles. The van der Waals surface area contributed by atoms with Crippen LogP contribution in [-0.2, 0) is 24.8 Å². The molecule has 4 heteroatoms. The SMILES string of the molecule is O=[C]c1c(CF)cc(CF)cc1CF. The van der Waals surface area contributed by atoms with Crippen molar-refractivity contribution in [2.45, 2.75) is 20.0 Å². The summed E-state index contributed by atoms with van der Waals surface area (Å²) in [4.78, 5) is 10.4. The van der Waals surface area contributed by atoms with Gasteiger partial charge in [0.05, 0.1) is 0 Å². The fraction of sp³-hybridized carbons (Fsp3) is 0.300. The molecule has 0 aromatic heterocycles. The van der Waals surface area contributed by atoms with E-state index in [1.807, 2.05) is 0 Å². The molecule has 1 radical (unpaired) electrons. The van der Waals surface area contributed by atoms with E-state index >= 15 is 0 Å². The molecule has 1 nitrogen and oxygen atoms in total. The molecule has 0 heterocycles. The van der Waals surface area contributed by atoms with Crippen LogP contribution in [0.25, 0.3) is 0 Å². The maximum Gasteiger partial charge on any atom is 0.234 e. The Morgan fingerprint density at radius 3 is 1.79 bits per heavy atom. The number of carbonyl (C=O) groups excluding carboxylic acids is 1. The molecule has 0 atom stereocenters. The Hall–Kier alpha value is -1.32. The van der Waals surface area contributed by atoms with E-state index in [2.05, 4.69) is 0 Å². The predicted molar refractivity (Wildman–Crippen MR) is 45.7 cm³/mol. The molecule has 0 aliphatic carbocycles. The largest absolute Gasteiger partial charge is 0.285 e. The van der Waals surface area contributed by atoms with Gasteiger partial charge in [0, 0.05) is 5.56 Å². The Balaban J connectivity index is 3.31. The number of benzene rings is 1. The van der Waals surface area contributed by atoms with Crippen LogP contribution in [0.4, 0.5) is 13.2 Å². The Labute approximate surface area is 79.5 Å². The van der Waals surface area contributed by atoms with Gasteiger partial charge in [-0.05, 0) is 28.8 Å². The molecule has 0 unspecified atom stereocenters. The number of hydrogen-bond acceptors (Lipinski definition) is 1. The van der Waals surface area contributed by atoms with E-state index in [1.54, 1.807) is 0 Å². The fourth-order valence-electron chi connectivity index (χ4n) is 1.26. The Morgan fingerprint density at radius 1 is 1.00 bits per heavy atom. The van der Waals surface area contributed by atoms with Crippen molar-refractivity contribution in [1.29, 1.82) is 0 Å². The van der Waals surface area contributed by atoms with Crippen molar-refractivity contribution in [3.05, 3.63) is 34.4 Å². The number of rotatable bonds is 4. The molecule has 1 aromatic rings. The summed E-state index contributed by atoms with van der Waals surface area (Å²) in [5.74, 6) is 0. The summed E-state index contributed by atoms with van der Waals surface area (Å²) < 4.78 is 37.0. The van der Waals surface area contributed by atoms with Gasteiger partial charge in [0.2, 0.25) is 6.29 Å². The molecule has 0 amide bonds. The zero-order valence-corrected chi connectivity index (χ0v) is 7.32. The minimum atomic E-state index is -0.925. The Bertz CT molecular complexity index is 311. The minimum absolute atomic E-state index is 0.0113. The Morgan fingerprint density at radius 2 is 1.50 bits per heavy atom. The molecule has 0 bridgehead atoms. The monoisotopic (exact) mass is 201 g/mol. The molecule has 75 valence electrons. The van der Waals surface area contributed by atoms with Gasteiger partial charge in [0.25, 0.3) is 0 Å². The average Bonchev–Trinajstić information content (AvgIpc) is 2.26. The van der Waals surface area contributed by atoms with Crippen LogP contribution < -0.4 is 0 Å². The number of hydrogen-bond donors (Lipinski definition) is 0. The van der Waals surface area contributed by atoms with Crippen LogP contribution in [0.5, 0.6) is 0 Å². The fourth-order valence-corrected chi connectivity index (χ4v) is 1.26. The molecular formula is C10H8F3O. The predicted octanol–water partition coefficient (Wildman–Crippen LogP) is 2.55. The van der Waals surface area contributed by atoms with E-state index < -0.39 is 20.0 Å². The van der Waals surface area contributed by atoms with Gasteiger partial charge in [-0.3, -0.25) is 4.79 Å². The van der Waals surface area contributed by atoms with E-state index in [-0.39, 0.29) is 22.3 Å². The van der Waals surface area contributed by atoms with Crippen LogP contribution in [0.2, 0.25) is 0 Å². The summed E-state index contributed by atoms with van der Waals surface area (Å²) in [6.45, 7) is -2.66. The molecule has 0 fully saturated rings. The zero-order chi connectivity index (χ0) is 10.6. The van der Waals surface area contributed by atoms with E-state index in [9.17, 15) is 18.0 Å². The highest BCUT2D eigenvalue weighted by atomic mass is 19.1. The van der Waals surface area contributed by atoms with Gasteiger partial charge in [-0.25, -0.2) is 13.2 Å². The Kier molecular flexibility index (Phi) is 3.68. The zero-order valence-electron chi connectivity index (χ0n) is 7.32. The lowest BCUT2D eigenvalue weighted by atomic mass is 10.00. The second kappa shape index (κ2) is 4.79. The van der Waals surface area contributed by atoms with Gasteiger partial charge in [-0.15, -0.1) is 0 Å². The van der Waals surface area contributed by atoms with Gasteiger partial charge in [0.15, 0.2) is 0 Å². The third-order valence-electron chi connectivity index (χ3n) is 1.91. The van der Waals surface area contributed by atoms with Crippen LogP contribution in [0.15, 0.2) is 12.1 Å². The molecule has 0 aliphatic heterocycles. The molecule has 0 N–H and O–H groups in total. The third-order valence-corrected chi connectivity index (χ3v) is 1.91. The standard InChI is InChI=1S/C10H8F3O/c11-3-7-1-8(4-12)10(6-14)9(2-7)5-13/h1-2H,3-5H2. The number of halogens is 3. The molecule has 0 saturated carbocycles. The quantitative estimate of drug-likeness (QED) is 0.731. The first-order valence-corrected chi connectivity index (χ1v) is 3.97. The van der Waals surface area contributed by atoms with Crippen LogP contribution in [0.3, 0.4) is 0 Å². The topological polar surface area (TPSA) is 17.1 Å². The first-order valence-electron chi connectivity index (χ1n) is 3.97. The smallest absolute Gasteiger partial charge is 0.234 e. The van der Waals surface area contributed by atoms with Crippen LogP contribution >= 0.6 is 0 Å². The van der Waals surface area contributed by atoms with Crippen molar-refractivity contribution < 1.29 is 18.0 Å². The van der Waals surface area contributed by atoms with E-state index in [0.717, 1.165) is 0 Å². The molecule has 0 saturated heterocycles. The van der Waals surface area contributed by atoms with Gasteiger partial charge in [0.1, 0.15) is 20.0 Å².